The molecule has 1 saturated heterocycles. The van der Waals surface area contributed by atoms with E-state index in [1.54, 1.807) is 4.90 Å². The Balaban J connectivity index is 2.10. The molecular formula is C23H39N3O3S. The van der Waals surface area contributed by atoms with Crippen LogP contribution in [0.25, 0.3) is 0 Å². The van der Waals surface area contributed by atoms with Crippen molar-refractivity contribution in [1.82, 2.24) is 14.8 Å². The van der Waals surface area contributed by atoms with Gasteiger partial charge in [-0.25, -0.2) is 9.78 Å². The molecule has 1 atom stereocenters. The minimum Gasteiger partial charge on any atom is -0.444 e. The maximum atomic E-state index is 13.2. The molecule has 0 bridgehead atoms. The molecule has 2 amide bonds. The number of aromatic nitrogens is 1. The van der Waals surface area contributed by atoms with E-state index in [4.69, 9.17) is 4.74 Å². The maximum absolute atomic E-state index is 13.2. The number of aryl methyl sites for hydroxylation is 1. The van der Waals surface area contributed by atoms with E-state index in [-0.39, 0.29) is 29.4 Å². The molecule has 170 valence electrons. The SMILES string of the molecule is Cc1nc(C(C)(C)C)sc1C(=O)N1CCCC(CN(C(=O)OC(C)(C)C)C(C)C)C1. The topological polar surface area (TPSA) is 62.7 Å². The van der Waals surface area contributed by atoms with E-state index in [1.807, 2.05) is 46.4 Å². The zero-order chi connectivity index (χ0) is 22.9. The average Bonchev–Trinajstić information content (AvgIpc) is 2.99. The van der Waals surface area contributed by atoms with Gasteiger partial charge in [0.15, 0.2) is 0 Å². The van der Waals surface area contributed by atoms with E-state index in [0.29, 0.717) is 13.1 Å². The number of carbonyl (C=O) groups is 2. The molecule has 0 aromatic carbocycles. The Morgan fingerprint density at radius 3 is 2.37 bits per heavy atom. The van der Waals surface area contributed by atoms with Gasteiger partial charge in [-0.2, -0.15) is 0 Å². The van der Waals surface area contributed by atoms with Crippen molar-refractivity contribution >= 4 is 23.3 Å². The second kappa shape index (κ2) is 9.25. The van der Waals surface area contributed by atoms with Crippen LogP contribution in [0.2, 0.25) is 0 Å². The Kier molecular flexibility index (Phi) is 7.59. The van der Waals surface area contributed by atoms with Gasteiger partial charge < -0.3 is 14.5 Å². The summed E-state index contributed by atoms with van der Waals surface area (Å²) in [5.41, 5.74) is 0.228. The molecule has 1 aliphatic heterocycles. The summed E-state index contributed by atoms with van der Waals surface area (Å²) in [6.07, 6.45) is 1.67. The molecule has 0 radical (unpaired) electrons. The fourth-order valence-corrected chi connectivity index (χ4v) is 4.64. The Morgan fingerprint density at radius 2 is 1.87 bits per heavy atom. The smallest absolute Gasteiger partial charge is 0.410 e. The van der Waals surface area contributed by atoms with Crippen molar-refractivity contribution in [2.24, 2.45) is 5.92 Å². The molecule has 2 heterocycles. The second-order valence-electron chi connectivity index (χ2n) is 10.7. The lowest BCUT2D eigenvalue weighted by atomic mass is 9.96. The van der Waals surface area contributed by atoms with Crippen molar-refractivity contribution in [2.45, 2.75) is 92.2 Å². The molecule has 2 rings (SSSR count). The van der Waals surface area contributed by atoms with Gasteiger partial charge in [0.1, 0.15) is 10.5 Å². The monoisotopic (exact) mass is 437 g/mol. The number of piperidine rings is 1. The molecule has 1 fully saturated rings. The van der Waals surface area contributed by atoms with Gasteiger partial charge in [0, 0.05) is 31.1 Å². The van der Waals surface area contributed by atoms with Crippen LogP contribution in [0.15, 0.2) is 0 Å². The van der Waals surface area contributed by atoms with E-state index < -0.39 is 5.60 Å². The largest absolute Gasteiger partial charge is 0.444 e. The van der Waals surface area contributed by atoms with Crippen molar-refractivity contribution in [3.63, 3.8) is 0 Å². The Labute approximate surface area is 186 Å². The van der Waals surface area contributed by atoms with Crippen LogP contribution in [0.3, 0.4) is 0 Å². The first-order valence-corrected chi connectivity index (χ1v) is 11.8. The van der Waals surface area contributed by atoms with Gasteiger partial charge in [0.25, 0.3) is 5.91 Å². The summed E-state index contributed by atoms with van der Waals surface area (Å²) in [5.74, 6) is 0.312. The van der Waals surface area contributed by atoms with Crippen molar-refractivity contribution in [3.05, 3.63) is 15.6 Å². The molecule has 30 heavy (non-hydrogen) atoms. The molecular weight excluding hydrogens is 398 g/mol. The van der Waals surface area contributed by atoms with Crippen molar-refractivity contribution in [3.8, 4) is 0 Å². The number of rotatable bonds is 4. The lowest BCUT2D eigenvalue weighted by Crippen LogP contribution is -2.48. The van der Waals surface area contributed by atoms with E-state index in [9.17, 15) is 9.59 Å². The number of hydrogen-bond donors (Lipinski definition) is 0. The summed E-state index contributed by atoms with van der Waals surface area (Å²) in [5, 5.41) is 0.993. The molecule has 6 nitrogen and oxygen atoms in total. The van der Waals surface area contributed by atoms with Crippen molar-refractivity contribution in [1.29, 1.82) is 0 Å². The molecule has 0 saturated carbocycles. The predicted molar refractivity (Wildman–Crippen MR) is 122 cm³/mol. The van der Waals surface area contributed by atoms with Gasteiger partial charge in [-0.05, 0) is 60.3 Å². The molecule has 1 aliphatic rings. The number of amides is 2. The third-order valence-electron chi connectivity index (χ3n) is 5.14. The van der Waals surface area contributed by atoms with E-state index in [1.165, 1.54) is 11.3 Å². The first-order valence-electron chi connectivity index (χ1n) is 11.0. The minimum absolute atomic E-state index is 0.0454. The molecule has 7 heteroatoms. The van der Waals surface area contributed by atoms with E-state index in [0.717, 1.165) is 35.0 Å². The van der Waals surface area contributed by atoms with Crippen LogP contribution in [0.1, 0.15) is 88.6 Å². The summed E-state index contributed by atoms with van der Waals surface area (Å²) < 4.78 is 5.60. The third-order valence-corrected chi connectivity index (χ3v) is 6.72. The minimum atomic E-state index is -0.521. The van der Waals surface area contributed by atoms with Crippen LogP contribution >= 0.6 is 11.3 Å². The van der Waals surface area contributed by atoms with Crippen LogP contribution < -0.4 is 0 Å². The summed E-state index contributed by atoms with van der Waals surface area (Å²) in [6, 6.07) is 0.0454. The number of ether oxygens (including phenoxy) is 1. The lowest BCUT2D eigenvalue weighted by Gasteiger charge is -2.37. The fourth-order valence-electron chi connectivity index (χ4n) is 3.55. The summed E-state index contributed by atoms with van der Waals surface area (Å²) in [6.45, 7) is 20.0. The summed E-state index contributed by atoms with van der Waals surface area (Å²) >= 11 is 1.51. The normalized spacial score (nSPS) is 17.9. The fraction of sp³-hybridized carbons (Fsp3) is 0.783. The van der Waals surface area contributed by atoms with Crippen molar-refractivity contribution in [2.75, 3.05) is 19.6 Å². The average molecular weight is 438 g/mol. The standard InChI is InChI=1S/C23H39N3O3S/c1-15(2)26(21(28)29-23(7,8)9)14-17-11-10-12-25(13-17)19(27)18-16(3)24-20(30-18)22(4,5)6/h15,17H,10-14H2,1-9H3. The van der Waals surface area contributed by atoms with Gasteiger partial charge in [0.05, 0.1) is 10.7 Å². The number of hydrogen-bond acceptors (Lipinski definition) is 5. The lowest BCUT2D eigenvalue weighted by molar-refractivity contribution is 0.0124. The Bertz CT molecular complexity index is 759. The van der Waals surface area contributed by atoms with Crippen LogP contribution in [0, 0.1) is 12.8 Å². The van der Waals surface area contributed by atoms with Gasteiger partial charge in [-0.3, -0.25) is 4.79 Å². The molecule has 1 aromatic rings. The zero-order valence-electron chi connectivity index (χ0n) is 20.2. The van der Waals surface area contributed by atoms with E-state index in [2.05, 4.69) is 25.8 Å². The van der Waals surface area contributed by atoms with Crippen LogP contribution in [-0.4, -0.2) is 58.1 Å². The molecule has 0 spiro atoms. The first kappa shape index (κ1) is 24.6. The summed E-state index contributed by atoms with van der Waals surface area (Å²) in [7, 11) is 0. The molecule has 1 unspecified atom stereocenters. The first-order chi connectivity index (χ1) is 13.7. The number of thiazole rings is 1. The Morgan fingerprint density at radius 1 is 1.23 bits per heavy atom. The second-order valence-corrected chi connectivity index (χ2v) is 11.7. The highest BCUT2D eigenvalue weighted by molar-refractivity contribution is 7.14. The number of nitrogens with zero attached hydrogens (tertiary/aromatic N) is 3. The van der Waals surface area contributed by atoms with Crippen LogP contribution in [-0.2, 0) is 10.2 Å². The maximum Gasteiger partial charge on any atom is 0.410 e. The predicted octanol–water partition coefficient (Wildman–Crippen LogP) is 5.25. The summed E-state index contributed by atoms with van der Waals surface area (Å²) in [4.78, 5) is 35.0. The van der Waals surface area contributed by atoms with Gasteiger partial charge in [0.2, 0.25) is 0 Å². The highest BCUT2D eigenvalue weighted by atomic mass is 32.1. The van der Waals surface area contributed by atoms with E-state index >= 15 is 0 Å². The Hall–Kier alpha value is -1.63. The molecule has 0 aliphatic carbocycles. The third kappa shape index (κ3) is 6.43. The molecule has 1 aromatic heterocycles. The van der Waals surface area contributed by atoms with Gasteiger partial charge in [-0.15, -0.1) is 11.3 Å². The highest BCUT2D eigenvalue weighted by Gasteiger charge is 2.32. The number of likely N-dealkylation sites (tertiary alicyclic amines) is 1. The van der Waals surface area contributed by atoms with Crippen LogP contribution in [0.4, 0.5) is 4.79 Å². The molecule has 0 N–H and O–H groups in total. The van der Waals surface area contributed by atoms with Gasteiger partial charge >= 0.3 is 6.09 Å². The van der Waals surface area contributed by atoms with Crippen molar-refractivity contribution < 1.29 is 14.3 Å². The van der Waals surface area contributed by atoms with Crippen LogP contribution in [0.5, 0.6) is 0 Å². The number of carbonyl (C=O) groups excluding carboxylic acids is 2. The quantitative estimate of drug-likeness (QED) is 0.646. The highest BCUT2D eigenvalue weighted by Crippen LogP contribution is 2.31. The zero-order valence-corrected chi connectivity index (χ0v) is 21.0. The van der Waals surface area contributed by atoms with Gasteiger partial charge in [-0.1, -0.05) is 20.8 Å².